The third kappa shape index (κ3) is 3.98. The molecule has 4 rings (SSSR count). The second-order valence-electron chi connectivity index (χ2n) is 8.91. The molecular weight excluding hydrogens is 434 g/mol. The summed E-state index contributed by atoms with van der Waals surface area (Å²) in [4.78, 5) is 55.8. The normalized spacial score (nSPS) is 25.9. The number of esters is 1. The molecule has 8 heteroatoms. The molecule has 0 unspecified atom stereocenters. The van der Waals surface area contributed by atoms with Gasteiger partial charge < -0.3 is 9.64 Å². The molecule has 0 radical (unpaired) electrons. The molecule has 0 aromatic heterocycles. The highest BCUT2D eigenvalue weighted by molar-refractivity contribution is 6.09. The van der Waals surface area contributed by atoms with Gasteiger partial charge in [0.05, 0.1) is 25.5 Å². The number of hydrogen-bond acceptors (Lipinski definition) is 6. The highest BCUT2D eigenvalue weighted by atomic mass is 16.5. The molecule has 2 aliphatic rings. The van der Waals surface area contributed by atoms with Crippen molar-refractivity contribution < 1.29 is 23.9 Å². The SMILES string of the molecule is CCN(C[C@H]1N[C@@](C)(C(=O)OC)[C@H]2C(=O)N(Cc3ccccc3)C(=O)[C@@H]12)C(=O)c1ccccc1. The third-order valence-corrected chi connectivity index (χ3v) is 6.88. The number of ether oxygens (including phenoxy) is 1. The third-order valence-electron chi connectivity index (χ3n) is 6.88. The van der Waals surface area contributed by atoms with Gasteiger partial charge in [0.2, 0.25) is 11.8 Å². The van der Waals surface area contributed by atoms with Gasteiger partial charge in [-0.25, -0.2) is 0 Å². The average molecular weight is 464 g/mol. The standard InChI is InChI=1S/C26H29N3O5/c1-4-28(22(30)18-13-9-6-10-14-18)16-19-20-21(26(2,27-19)25(33)34-3)24(32)29(23(20)31)15-17-11-7-5-8-12-17/h5-14,19-21,27H,4,15-16H2,1-3H3/t19-,20+,21-,26-/m1/s1. The maximum atomic E-state index is 13.5. The first-order valence-electron chi connectivity index (χ1n) is 11.4. The topological polar surface area (TPSA) is 96.0 Å². The number of likely N-dealkylation sites (N-methyl/N-ethyl adjacent to an activating group) is 1. The summed E-state index contributed by atoms with van der Waals surface area (Å²) in [6.07, 6.45) is 0. The van der Waals surface area contributed by atoms with Gasteiger partial charge in [-0.3, -0.25) is 29.4 Å². The Labute approximate surface area is 198 Å². The number of carbonyl (C=O) groups excluding carboxylic acids is 4. The van der Waals surface area contributed by atoms with E-state index in [0.29, 0.717) is 12.1 Å². The van der Waals surface area contributed by atoms with E-state index >= 15 is 0 Å². The molecule has 0 spiro atoms. The Morgan fingerprint density at radius 1 is 1.03 bits per heavy atom. The van der Waals surface area contributed by atoms with Gasteiger partial charge in [0, 0.05) is 24.7 Å². The van der Waals surface area contributed by atoms with Gasteiger partial charge in [-0.15, -0.1) is 0 Å². The van der Waals surface area contributed by atoms with Crippen molar-refractivity contribution >= 4 is 23.7 Å². The van der Waals surface area contributed by atoms with Gasteiger partial charge in [0.15, 0.2) is 0 Å². The van der Waals surface area contributed by atoms with Crippen LogP contribution >= 0.6 is 0 Å². The number of hydrogen-bond donors (Lipinski definition) is 1. The van der Waals surface area contributed by atoms with Crippen molar-refractivity contribution in [2.75, 3.05) is 20.2 Å². The lowest BCUT2D eigenvalue weighted by molar-refractivity contribution is -0.153. The second kappa shape index (κ2) is 9.38. The first-order chi connectivity index (χ1) is 16.3. The number of fused-ring (bicyclic) bond motifs is 1. The molecule has 0 aliphatic carbocycles. The van der Waals surface area contributed by atoms with E-state index in [9.17, 15) is 19.2 Å². The van der Waals surface area contributed by atoms with Crippen molar-refractivity contribution in [2.24, 2.45) is 11.8 Å². The number of methoxy groups -OCH3 is 1. The number of imide groups is 1. The van der Waals surface area contributed by atoms with Crippen molar-refractivity contribution in [3.63, 3.8) is 0 Å². The van der Waals surface area contributed by atoms with Crippen LogP contribution in [0, 0.1) is 11.8 Å². The number of nitrogens with one attached hydrogen (secondary N) is 1. The fraction of sp³-hybridized carbons (Fsp3) is 0.385. The lowest BCUT2D eigenvalue weighted by Gasteiger charge is -2.30. The lowest BCUT2D eigenvalue weighted by Crippen LogP contribution is -2.56. The van der Waals surface area contributed by atoms with E-state index in [0.717, 1.165) is 5.56 Å². The van der Waals surface area contributed by atoms with Crippen LogP contribution in [0.15, 0.2) is 60.7 Å². The van der Waals surface area contributed by atoms with Gasteiger partial charge >= 0.3 is 5.97 Å². The van der Waals surface area contributed by atoms with Crippen LogP contribution in [0.3, 0.4) is 0 Å². The van der Waals surface area contributed by atoms with E-state index < -0.39 is 35.3 Å². The van der Waals surface area contributed by atoms with Gasteiger partial charge in [0.25, 0.3) is 5.91 Å². The van der Waals surface area contributed by atoms with E-state index in [-0.39, 0.29) is 24.9 Å². The Morgan fingerprint density at radius 2 is 1.65 bits per heavy atom. The fourth-order valence-electron chi connectivity index (χ4n) is 5.16. The molecule has 34 heavy (non-hydrogen) atoms. The van der Waals surface area contributed by atoms with E-state index in [2.05, 4.69) is 5.32 Å². The van der Waals surface area contributed by atoms with Crippen molar-refractivity contribution in [1.29, 1.82) is 0 Å². The molecule has 2 fully saturated rings. The van der Waals surface area contributed by atoms with Crippen LogP contribution < -0.4 is 5.32 Å². The molecule has 0 bridgehead atoms. The molecule has 4 atom stereocenters. The molecule has 0 saturated carbocycles. The summed E-state index contributed by atoms with van der Waals surface area (Å²) in [5, 5.41) is 3.20. The van der Waals surface area contributed by atoms with Crippen molar-refractivity contribution in [3.8, 4) is 0 Å². The summed E-state index contributed by atoms with van der Waals surface area (Å²) < 4.78 is 5.01. The van der Waals surface area contributed by atoms with Gasteiger partial charge in [-0.05, 0) is 31.5 Å². The Balaban J connectivity index is 1.64. The average Bonchev–Trinajstić information content (AvgIpc) is 3.30. The van der Waals surface area contributed by atoms with Crippen LogP contribution in [0.1, 0.15) is 29.8 Å². The quantitative estimate of drug-likeness (QED) is 0.497. The summed E-state index contributed by atoms with van der Waals surface area (Å²) >= 11 is 0. The summed E-state index contributed by atoms with van der Waals surface area (Å²) in [7, 11) is 1.26. The van der Waals surface area contributed by atoms with Crippen LogP contribution in [-0.4, -0.2) is 65.3 Å². The van der Waals surface area contributed by atoms with Crippen molar-refractivity contribution in [2.45, 2.75) is 32.0 Å². The minimum absolute atomic E-state index is 0.135. The van der Waals surface area contributed by atoms with Crippen LogP contribution in [0.25, 0.3) is 0 Å². The van der Waals surface area contributed by atoms with Crippen molar-refractivity contribution in [1.82, 2.24) is 15.1 Å². The molecule has 2 aliphatic heterocycles. The Bertz CT molecular complexity index is 1090. The second-order valence-corrected chi connectivity index (χ2v) is 8.91. The molecule has 178 valence electrons. The molecule has 3 amide bonds. The lowest BCUT2D eigenvalue weighted by atomic mass is 9.81. The summed E-state index contributed by atoms with van der Waals surface area (Å²) in [5.74, 6) is -3.22. The van der Waals surface area contributed by atoms with E-state index in [4.69, 9.17) is 4.74 Å². The number of nitrogens with zero attached hydrogens (tertiary/aromatic N) is 2. The highest BCUT2D eigenvalue weighted by Crippen LogP contribution is 2.44. The fourth-order valence-corrected chi connectivity index (χ4v) is 5.16. The van der Waals surface area contributed by atoms with Crippen LogP contribution in [0.2, 0.25) is 0 Å². The number of amides is 3. The summed E-state index contributed by atoms with van der Waals surface area (Å²) in [6.45, 7) is 4.18. The van der Waals surface area contributed by atoms with Gasteiger partial charge in [-0.1, -0.05) is 48.5 Å². The van der Waals surface area contributed by atoms with Crippen molar-refractivity contribution in [3.05, 3.63) is 71.8 Å². The maximum Gasteiger partial charge on any atom is 0.326 e. The van der Waals surface area contributed by atoms with Gasteiger partial charge in [-0.2, -0.15) is 0 Å². The van der Waals surface area contributed by atoms with E-state index in [1.54, 1.807) is 36.1 Å². The first-order valence-corrected chi connectivity index (χ1v) is 11.4. The minimum Gasteiger partial charge on any atom is -0.468 e. The van der Waals surface area contributed by atoms with E-state index in [1.807, 2.05) is 43.3 Å². The Kier molecular flexibility index (Phi) is 6.52. The van der Waals surface area contributed by atoms with E-state index in [1.165, 1.54) is 12.0 Å². The predicted molar refractivity (Wildman–Crippen MR) is 124 cm³/mol. The smallest absolute Gasteiger partial charge is 0.326 e. The molecule has 2 heterocycles. The monoisotopic (exact) mass is 463 g/mol. The highest BCUT2D eigenvalue weighted by Gasteiger charge is 2.66. The van der Waals surface area contributed by atoms with Crippen LogP contribution in [-0.2, 0) is 25.7 Å². The van der Waals surface area contributed by atoms with Gasteiger partial charge in [0.1, 0.15) is 5.54 Å². The van der Waals surface area contributed by atoms with Crippen LogP contribution in [0.4, 0.5) is 0 Å². The number of carbonyl (C=O) groups is 4. The largest absolute Gasteiger partial charge is 0.468 e. The first kappa shape index (κ1) is 23.6. The predicted octanol–water partition coefficient (Wildman–Crippen LogP) is 1.85. The Hall–Kier alpha value is -3.52. The maximum absolute atomic E-state index is 13.5. The Morgan fingerprint density at radius 3 is 2.24 bits per heavy atom. The molecule has 2 aromatic rings. The molecule has 2 saturated heterocycles. The summed E-state index contributed by atoms with van der Waals surface area (Å²) in [6, 6.07) is 17.6. The zero-order chi connectivity index (χ0) is 24.5. The molecule has 1 N–H and O–H groups in total. The molecule has 2 aromatic carbocycles. The number of rotatable bonds is 7. The zero-order valence-corrected chi connectivity index (χ0v) is 19.6. The van der Waals surface area contributed by atoms with Crippen LogP contribution in [0.5, 0.6) is 0 Å². The summed E-state index contributed by atoms with van der Waals surface area (Å²) in [5.41, 5.74) is -0.0191. The zero-order valence-electron chi connectivity index (χ0n) is 19.6. The number of likely N-dealkylation sites (tertiary alicyclic amines) is 1. The minimum atomic E-state index is -1.38. The molecule has 8 nitrogen and oxygen atoms in total. The number of benzene rings is 2. The molecular formula is C26H29N3O5.